The van der Waals surface area contributed by atoms with Gasteiger partial charge in [0.1, 0.15) is 0 Å². The van der Waals surface area contributed by atoms with Crippen LogP contribution in [0.25, 0.3) is 0 Å². The van der Waals surface area contributed by atoms with Crippen LogP contribution in [-0.4, -0.2) is 13.1 Å². The number of hydrogen-bond acceptors (Lipinski definition) is 1. The first-order valence-corrected chi connectivity index (χ1v) is 7.94. The molecule has 2 atom stereocenters. The summed E-state index contributed by atoms with van der Waals surface area (Å²) in [6.07, 6.45) is 11.5. The summed E-state index contributed by atoms with van der Waals surface area (Å²) in [7, 11) is 0. The van der Waals surface area contributed by atoms with E-state index in [1.807, 2.05) is 0 Å². The van der Waals surface area contributed by atoms with Crippen LogP contribution in [0.2, 0.25) is 0 Å². The first-order valence-electron chi connectivity index (χ1n) is 7.94. The van der Waals surface area contributed by atoms with Gasteiger partial charge in [-0.15, -0.1) is 0 Å². The maximum atomic E-state index is 3.65. The predicted molar refractivity (Wildman–Crippen MR) is 77.3 cm³/mol. The van der Waals surface area contributed by atoms with Crippen LogP contribution in [0.3, 0.4) is 0 Å². The molecule has 1 aliphatic rings. The SMILES string of the molecule is CCCNCC1CCCCCC1CCC(C)C. The van der Waals surface area contributed by atoms with Crippen molar-refractivity contribution >= 4 is 0 Å². The van der Waals surface area contributed by atoms with Gasteiger partial charge in [0, 0.05) is 0 Å². The lowest BCUT2D eigenvalue weighted by Crippen LogP contribution is -2.28. The molecular formula is C16H33N. The minimum atomic E-state index is 0.877. The lowest BCUT2D eigenvalue weighted by atomic mass is 9.83. The highest BCUT2D eigenvalue weighted by Gasteiger charge is 2.23. The molecule has 0 aromatic rings. The second kappa shape index (κ2) is 8.97. The molecule has 0 amide bonds. The Morgan fingerprint density at radius 2 is 1.76 bits per heavy atom. The van der Waals surface area contributed by atoms with E-state index in [1.54, 1.807) is 0 Å². The van der Waals surface area contributed by atoms with E-state index in [4.69, 9.17) is 0 Å². The van der Waals surface area contributed by atoms with Gasteiger partial charge < -0.3 is 5.32 Å². The van der Waals surface area contributed by atoms with Gasteiger partial charge in [0.05, 0.1) is 0 Å². The molecule has 0 aromatic carbocycles. The van der Waals surface area contributed by atoms with E-state index in [9.17, 15) is 0 Å². The monoisotopic (exact) mass is 239 g/mol. The molecule has 17 heavy (non-hydrogen) atoms. The van der Waals surface area contributed by atoms with E-state index in [2.05, 4.69) is 26.1 Å². The van der Waals surface area contributed by atoms with Gasteiger partial charge >= 0.3 is 0 Å². The van der Waals surface area contributed by atoms with Gasteiger partial charge in [-0.25, -0.2) is 0 Å². The average Bonchev–Trinajstić information content (AvgIpc) is 2.52. The van der Waals surface area contributed by atoms with Gasteiger partial charge in [-0.1, -0.05) is 52.9 Å². The van der Waals surface area contributed by atoms with Gasteiger partial charge in [0.2, 0.25) is 0 Å². The molecule has 0 aromatic heterocycles. The Hall–Kier alpha value is -0.0400. The summed E-state index contributed by atoms with van der Waals surface area (Å²) in [6, 6.07) is 0. The van der Waals surface area contributed by atoms with E-state index in [-0.39, 0.29) is 0 Å². The molecule has 0 heterocycles. The maximum Gasteiger partial charge on any atom is -0.00179 e. The number of nitrogens with one attached hydrogen (secondary N) is 1. The van der Waals surface area contributed by atoms with Crippen molar-refractivity contribution in [3.63, 3.8) is 0 Å². The van der Waals surface area contributed by atoms with Gasteiger partial charge in [-0.2, -0.15) is 0 Å². The summed E-state index contributed by atoms with van der Waals surface area (Å²) >= 11 is 0. The Morgan fingerprint density at radius 1 is 1.06 bits per heavy atom. The van der Waals surface area contributed by atoms with E-state index >= 15 is 0 Å². The number of rotatable bonds is 7. The van der Waals surface area contributed by atoms with Crippen LogP contribution < -0.4 is 5.32 Å². The van der Waals surface area contributed by atoms with Gasteiger partial charge in [0.15, 0.2) is 0 Å². The second-order valence-electron chi connectivity index (χ2n) is 6.33. The Kier molecular flexibility index (Phi) is 7.92. The van der Waals surface area contributed by atoms with Crippen LogP contribution in [0.1, 0.15) is 72.1 Å². The maximum absolute atomic E-state index is 3.65. The smallest absolute Gasteiger partial charge is 0.00179 e. The fraction of sp³-hybridized carbons (Fsp3) is 1.00. The summed E-state index contributed by atoms with van der Waals surface area (Å²) in [5.74, 6) is 2.84. The van der Waals surface area contributed by atoms with E-state index < -0.39 is 0 Å². The van der Waals surface area contributed by atoms with Crippen molar-refractivity contribution in [3.8, 4) is 0 Å². The van der Waals surface area contributed by atoms with Crippen LogP contribution in [0, 0.1) is 17.8 Å². The molecule has 1 nitrogen and oxygen atoms in total. The molecule has 1 aliphatic carbocycles. The van der Waals surface area contributed by atoms with Gasteiger partial charge in [0.25, 0.3) is 0 Å². The fourth-order valence-corrected chi connectivity index (χ4v) is 3.12. The van der Waals surface area contributed by atoms with Gasteiger partial charge in [-0.05, 0) is 50.1 Å². The van der Waals surface area contributed by atoms with E-state index in [1.165, 1.54) is 64.5 Å². The summed E-state index contributed by atoms with van der Waals surface area (Å²) in [5, 5.41) is 3.65. The molecule has 1 fully saturated rings. The quantitative estimate of drug-likeness (QED) is 0.505. The molecule has 2 unspecified atom stereocenters. The summed E-state index contributed by atoms with van der Waals surface area (Å²) in [5.41, 5.74) is 0. The summed E-state index contributed by atoms with van der Waals surface area (Å²) < 4.78 is 0. The third-order valence-corrected chi connectivity index (χ3v) is 4.26. The zero-order valence-electron chi connectivity index (χ0n) is 12.3. The molecular weight excluding hydrogens is 206 g/mol. The van der Waals surface area contributed by atoms with Crippen molar-refractivity contribution in [1.82, 2.24) is 5.32 Å². The van der Waals surface area contributed by atoms with Crippen molar-refractivity contribution in [1.29, 1.82) is 0 Å². The van der Waals surface area contributed by atoms with Crippen LogP contribution in [0.4, 0.5) is 0 Å². The Bertz CT molecular complexity index is 176. The van der Waals surface area contributed by atoms with Crippen LogP contribution in [0.5, 0.6) is 0 Å². The lowest BCUT2D eigenvalue weighted by molar-refractivity contribution is 0.268. The van der Waals surface area contributed by atoms with Crippen molar-refractivity contribution in [2.75, 3.05) is 13.1 Å². The normalized spacial score (nSPS) is 26.1. The topological polar surface area (TPSA) is 12.0 Å². The Balaban J connectivity index is 2.35. The summed E-state index contributed by atoms with van der Waals surface area (Å²) in [4.78, 5) is 0. The van der Waals surface area contributed by atoms with Gasteiger partial charge in [-0.3, -0.25) is 0 Å². The van der Waals surface area contributed by atoms with Crippen LogP contribution in [0.15, 0.2) is 0 Å². The summed E-state index contributed by atoms with van der Waals surface area (Å²) in [6.45, 7) is 9.46. The molecule has 0 spiro atoms. The molecule has 1 rings (SSSR count). The molecule has 1 N–H and O–H groups in total. The first kappa shape index (κ1) is 15.0. The average molecular weight is 239 g/mol. The number of hydrogen-bond donors (Lipinski definition) is 1. The predicted octanol–water partition coefficient (Wildman–Crippen LogP) is 4.62. The molecule has 1 heteroatoms. The zero-order chi connectivity index (χ0) is 12.5. The minimum absolute atomic E-state index is 0.877. The Morgan fingerprint density at radius 3 is 2.41 bits per heavy atom. The standard InChI is InChI=1S/C16H33N/c1-4-12-17-13-16-9-7-5-6-8-15(16)11-10-14(2)3/h14-17H,4-13H2,1-3H3. The molecule has 0 radical (unpaired) electrons. The van der Waals surface area contributed by atoms with Crippen LogP contribution in [-0.2, 0) is 0 Å². The molecule has 102 valence electrons. The first-order chi connectivity index (χ1) is 8.24. The van der Waals surface area contributed by atoms with Crippen LogP contribution >= 0.6 is 0 Å². The third kappa shape index (κ3) is 6.45. The largest absolute Gasteiger partial charge is 0.316 e. The fourth-order valence-electron chi connectivity index (χ4n) is 3.12. The van der Waals surface area contributed by atoms with Crippen molar-refractivity contribution in [2.45, 2.75) is 72.1 Å². The van der Waals surface area contributed by atoms with E-state index in [0.29, 0.717) is 0 Å². The molecule has 0 aliphatic heterocycles. The molecule has 1 saturated carbocycles. The highest BCUT2D eigenvalue weighted by atomic mass is 14.9. The minimum Gasteiger partial charge on any atom is -0.316 e. The zero-order valence-corrected chi connectivity index (χ0v) is 12.3. The highest BCUT2D eigenvalue weighted by molar-refractivity contribution is 4.76. The molecule has 0 saturated heterocycles. The van der Waals surface area contributed by atoms with Crippen molar-refractivity contribution in [2.24, 2.45) is 17.8 Å². The molecule has 0 bridgehead atoms. The highest BCUT2D eigenvalue weighted by Crippen LogP contribution is 2.32. The van der Waals surface area contributed by atoms with Crippen molar-refractivity contribution in [3.05, 3.63) is 0 Å². The van der Waals surface area contributed by atoms with E-state index in [0.717, 1.165) is 17.8 Å². The second-order valence-corrected chi connectivity index (χ2v) is 6.33. The lowest BCUT2D eigenvalue weighted by Gasteiger charge is -2.26. The Labute approximate surface area is 109 Å². The van der Waals surface area contributed by atoms with Crippen molar-refractivity contribution < 1.29 is 0 Å². The third-order valence-electron chi connectivity index (χ3n) is 4.26.